The van der Waals surface area contributed by atoms with Crippen LogP contribution >= 0.6 is 11.6 Å². The van der Waals surface area contributed by atoms with E-state index in [1.165, 1.54) is 0 Å². The Morgan fingerprint density at radius 2 is 1.94 bits per heavy atom. The van der Waals surface area contributed by atoms with E-state index in [2.05, 4.69) is 25.8 Å². The third kappa shape index (κ3) is 2.22. The second kappa shape index (κ2) is 4.19. The molecule has 0 amide bonds. The summed E-state index contributed by atoms with van der Waals surface area (Å²) in [6.07, 6.45) is 0. The molecule has 0 aliphatic carbocycles. The van der Waals surface area contributed by atoms with Gasteiger partial charge in [0.1, 0.15) is 11.3 Å². The first-order chi connectivity index (χ1) is 7.93. The summed E-state index contributed by atoms with van der Waals surface area (Å²) >= 11 is 6.30. The Morgan fingerprint density at radius 3 is 2.53 bits per heavy atom. The maximum Gasteiger partial charge on any atom is 0.145 e. The molecule has 1 aromatic carbocycles. The second-order valence-corrected chi connectivity index (χ2v) is 5.50. The molecule has 1 heterocycles. The van der Waals surface area contributed by atoms with Crippen LogP contribution in [-0.4, -0.2) is 12.1 Å². The number of ether oxygens (including phenoxy) is 1. The number of aromatic nitrogens is 1. The van der Waals surface area contributed by atoms with E-state index in [-0.39, 0.29) is 5.41 Å². The van der Waals surface area contributed by atoms with Gasteiger partial charge in [-0.1, -0.05) is 44.5 Å². The molecule has 1 aromatic heterocycles. The van der Waals surface area contributed by atoms with Gasteiger partial charge in [-0.05, 0) is 12.1 Å². The first-order valence-electron chi connectivity index (χ1n) is 5.57. The van der Waals surface area contributed by atoms with Crippen molar-refractivity contribution in [3.63, 3.8) is 0 Å². The van der Waals surface area contributed by atoms with Crippen LogP contribution in [0.3, 0.4) is 0 Å². The number of fused-ring (bicyclic) bond motifs is 1. The summed E-state index contributed by atoms with van der Waals surface area (Å²) in [5.74, 6) is 0.760. The van der Waals surface area contributed by atoms with Gasteiger partial charge in [-0.3, -0.25) is 0 Å². The summed E-state index contributed by atoms with van der Waals surface area (Å²) in [6.45, 7) is 6.35. The highest BCUT2D eigenvalue weighted by atomic mass is 35.5. The number of para-hydroxylation sites is 1. The average molecular weight is 250 g/mol. The molecule has 0 spiro atoms. The fraction of sp³-hybridized carbons (Fsp3) is 0.357. The number of hydrogen-bond donors (Lipinski definition) is 0. The lowest BCUT2D eigenvalue weighted by atomic mass is 9.91. The number of benzene rings is 1. The highest BCUT2D eigenvalue weighted by Gasteiger charge is 2.18. The third-order valence-corrected chi connectivity index (χ3v) is 3.05. The van der Waals surface area contributed by atoms with Crippen LogP contribution in [-0.2, 0) is 5.41 Å². The van der Waals surface area contributed by atoms with E-state index in [9.17, 15) is 0 Å². The number of hydrogen-bond acceptors (Lipinski definition) is 2. The summed E-state index contributed by atoms with van der Waals surface area (Å²) in [4.78, 5) is 4.67. The number of methoxy groups -OCH3 is 1. The Hall–Kier alpha value is -1.28. The predicted molar refractivity (Wildman–Crippen MR) is 72.0 cm³/mol. The molecule has 3 heteroatoms. The van der Waals surface area contributed by atoms with E-state index in [1.54, 1.807) is 7.11 Å². The van der Waals surface area contributed by atoms with Gasteiger partial charge >= 0.3 is 0 Å². The van der Waals surface area contributed by atoms with E-state index >= 15 is 0 Å². The molecule has 0 N–H and O–H groups in total. The van der Waals surface area contributed by atoms with Crippen LogP contribution in [0.5, 0.6) is 5.75 Å². The molecule has 0 aliphatic rings. The van der Waals surface area contributed by atoms with Crippen LogP contribution in [0.4, 0.5) is 0 Å². The molecule has 0 unspecified atom stereocenters. The van der Waals surface area contributed by atoms with Crippen molar-refractivity contribution in [2.24, 2.45) is 0 Å². The molecule has 0 bridgehead atoms. The molecule has 0 saturated carbocycles. The molecule has 2 nitrogen and oxygen atoms in total. The van der Waals surface area contributed by atoms with Crippen molar-refractivity contribution < 1.29 is 4.74 Å². The van der Waals surface area contributed by atoms with Crippen molar-refractivity contribution in [2.75, 3.05) is 7.11 Å². The number of rotatable bonds is 1. The van der Waals surface area contributed by atoms with Gasteiger partial charge in [0.15, 0.2) is 0 Å². The Kier molecular flexibility index (Phi) is 3.00. The van der Waals surface area contributed by atoms with E-state index in [1.807, 2.05) is 24.3 Å². The molecular formula is C14H16ClNO. The van der Waals surface area contributed by atoms with Crippen molar-refractivity contribution in [2.45, 2.75) is 26.2 Å². The Morgan fingerprint density at radius 1 is 1.24 bits per heavy atom. The number of pyridine rings is 1. The SMILES string of the molecule is COc1cccc2c(Cl)cc(C(C)(C)C)nc12. The molecule has 2 rings (SSSR count). The fourth-order valence-electron chi connectivity index (χ4n) is 1.73. The zero-order valence-corrected chi connectivity index (χ0v) is 11.3. The average Bonchev–Trinajstić information content (AvgIpc) is 2.27. The molecule has 90 valence electrons. The van der Waals surface area contributed by atoms with Crippen LogP contribution < -0.4 is 4.74 Å². The summed E-state index contributed by atoms with van der Waals surface area (Å²) in [6, 6.07) is 7.71. The van der Waals surface area contributed by atoms with Crippen molar-refractivity contribution >= 4 is 22.5 Å². The lowest BCUT2D eigenvalue weighted by Crippen LogP contribution is -2.13. The molecule has 0 saturated heterocycles. The molecule has 0 aliphatic heterocycles. The largest absolute Gasteiger partial charge is 0.494 e. The summed E-state index contributed by atoms with van der Waals surface area (Å²) in [5, 5.41) is 1.65. The van der Waals surface area contributed by atoms with Crippen LogP contribution in [0.2, 0.25) is 5.02 Å². The van der Waals surface area contributed by atoms with Crippen molar-refractivity contribution in [1.29, 1.82) is 0 Å². The molecular weight excluding hydrogens is 234 g/mol. The maximum absolute atomic E-state index is 6.30. The van der Waals surface area contributed by atoms with Gasteiger partial charge in [-0.15, -0.1) is 0 Å². The maximum atomic E-state index is 6.30. The van der Waals surface area contributed by atoms with Gasteiger partial charge in [-0.2, -0.15) is 0 Å². The topological polar surface area (TPSA) is 22.1 Å². The molecule has 0 radical (unpaired) electrons. The quantitative estimate of drug-likeness (QED) is 0.756. The van der Waals surface area contributed by atoms with Crippen LogP contribution in [0, 0.1) is 0 Å². The molecule has 0 atom stereocenters. The number of halogens is 1. The normalized spacial score (nSPS) is 11.8. The highest BCUT2D eigenvalue weighted by molar-refractivity contribution is 6.35. The van der Waals surface area contributed by atoms with E-state index < -0.39 is 0 Å². The van der Waals surface area contributed by atoms with Gasteiger partial charge in [0.2, 0.25) is 0 Å². The zero-order chi connectivity index (χ0) is 12.6. The van der Waals surface area contributed by atoms with Crippen LogP contribution in [0.25, 0.3) is 10.9 Å². The van der Waals surface area contributed by atoms with Gasteiger partial charge < -0.3 is 4.74 Å². The number of nitrogens with zero attached hydrogens (tertiary/aromatic N) is 1. The van der Waals surface area contributed by atoms with Crippen LogP contribution in [0.1, 0.15) is 26.5 Å². The van der Waals surface area contributed by atoms with Gasteiger partial charge in [0.25, 0.3) is 0 Å². The summed E-state index contributed by atoms with van der Waals surface area (Å²) < 4.78 is 5.33. The van der Waals surface area contributed by atoms with Crippen molar-refractivity contribution in [3.8, 4) is 5.75 Å². The van der Waals surface area contributed by atoms with Crippen molar-refractivity contribution in [1.82, 2.24) is 4.98 Å². The highest BCUT2D eigenvalue weighted by Crippen LogP contribution is 2.32. The zero-order valence-electron chi connectivity index (χ0n) is 10.5. The first-order valence-corrected chi connectivity index (χ1v) is 5.95. The third-order valence-electron chi connectivity index (χ3n) is 2.74. The lowest BCUT2D eigenvalue weighted by molar-refractivity contribution is 0.418. The van der Waals surface area contributed by atoms with Crippen LogP contribution in [0.15, 0.2) is 24.3 Å². The molecule has 2 aromatic rings. The molecule has 0 fully saturated rings. The van der Waals surface area contributed by atoms with E-state index in [0.717, 1.165) is 27.4 Å². The Bertz CT molecular complexity index is 558. The monoisotopic (exact) mass is 249 g/mol. The first kappa shape index (κ1) is 12.2. The standard InChI is InChI=1S/C14H16ClNO/c1-14(2,3)12-8-10(15)9-6-5-7-11(17-4)13(9)16-12/h5-8H,1-4H3. The smallest absolute Gasteiger partial charge is 0.145 e. The minimum atomic E-state index is -0.0291. The minimum absolute atomic E-state index is 0.0291. The summed E-state index contributed by atoms with van der Waals surface area (Å²) in [5.41, 5.74) is 1.77. The Labute approximate surface area is 107 Å². The van der Waals surface area contributed by atoms with Gasteiger partial charge in [0.05, 0.1) is 12.1 Å². The van der Waals surface area contributed by atoms with E-state index in [0.29, 0.717) is 0 Å². The van der Waals surface area contributed by atoms with Crippen molar-refractivity contribution in [3.05, 3.63) is 35.0 Å². The molecule has 17 heavy (non-hydrogen) atoms. The fourth-order valence-corrected chi connectivity index (χ4v) is 1.99. The minimum Gasteiger partial charge on any atom is -0.494 e. The Balaban J connectivity index is 2.79. The predicted octanol–water partition coefficient (Wildman–Crippen LogP) is 4.19. The van der Waals surface area contributed by atoms with Gasteiger partial charge in [0, 0.05) is 16.5 Å². The van der Waals surface area contributed by atoms with E-state index in [4.69, 9.17) is 16.3 Å². The summed E-state index contributed by atoms with van der Waals surface area (Å²) in [7, 11) is 1.65. The second-order valence-electron chi connectivity index (χ2n) is 5.10. The lowest BCUT2D eigenvalue weighted by Gasteiger charge is -2.19. The van der Waals surface area contributed by atoms with Gasteiger partial charge in [-0.25, -0.2) is 4.98 Å².